The van der Waals surface area contributed by atoms with Crippen molar-refractivity contribution in [3.8, 4) is 0 Å². The molecule has 0 fully saturated rings. The van der Waals surface area contributed by atoms with E-state index >= 15 is 0 Å². The highest BCUT2D eigenvalue weighted by molar-refractivity contribution is 9.11. The van der Waals surface area contributed by atoms with Gasteiger partial charge in [-0.2, -0.15) is 0 Å². The summed E-state index contributed by atoms with van der Waals surface area (Å²) < 4.78 is 1.06. The number of thiophene rings is 1. The van der Waals surface area contributed by atoms with Crippen LogP contribution in [-0.2, 0) is 11.3 Å². The van der Waals surface area contributed by atoms with Crippen LogP contribution in [0.5, 0.6) is 0 Å². The third-order valence-corrected chi connectivity index (χ3v) is 4.40. The summed E-state index contributed by atoms with van der Waals surface area (Å²) >= 11 is 5.02. The van der Waals surface area contributed by atoms with E-state index in [4.69, 9.17) is 0 Å². The SMILES string of the molecule is CN(Cc1csc(Br)c1)C(C(=O)O)c1ccccc1. The molecule has 19 heavy (non-hydrogen) atoms. The lowest BCUT2D eigenvalue weighted by Crippen LogP contribution is -2.30. The average Bonchev–Trinajstić information content (AvgIpc) is 2.75. The Morgan fingerprint density at radius 1 is 1.42 bits per heavy atom. The van der Waals surface area contributed by atoms with Gasteiger partial charge in [0, 0.05) is 6.54 Å². The fraction of sp³-hybridized carbons (Fsp3) is 0.214. The average molecular weight is 340 g/mol. The molecule has 1 unspecified atom stereocenters. The normalized spacial score (nSPS) is 12.6. The molecule has 0 radical (unpaired) electrons. The first-order valence-electron chi connectivity index (χ1n) is 5.79. The maximum absolute atomic E-state index is 11.5. The third-order valence-electron chi connectivity index (χ3n) is 2.84. The number of benzene rings is 1. The molecule has 0 saturated carbocycles. The van der Waals surface area contributed by atoms with Crippen LogP contribution in [0, 0.1) is 0 Å². The van der Waals surface area contributed by atoms with E-state index in [1.165, 1.54) is 0 Å². The molecule has 5 heteroatoms. The van der Waals surface area contributed by atoms with Gasteiger partial charge in [0.1, 0.15) is 6.04 Å². The van der Waals surface area contributed by atoms with E-state index in [9.17, 15) is 9.90 Å². The first-order chi connectivity index (χ1) is 9.08. The lowest BCUT2D eigenvalue weighted by Gasteiger charge is -2.24. The number of nitrogens with zero attached hydrogens (tertiary/aromatic N) is 1. The molecule has 1 atom stereocenters. The van der Waals surface area contributed by atoms with Gasteiger partial charge in [-0.05, 0) is 45.6 Å². The minimum absolute atomic E-state index is 0.605. The van der Waals surface area contributed by atoms with Crippen LogP contribution in [0.4, 0.5) is 0 Å². The van der Waals surface area contributed by atoms with Crippen molar-refractivity contribution in [2.24, 2.45) is 0 Å². The molecule has 2 aromatic rings. The Bertz CT molecular complexity index is 556. The topological polar surface area (TPSA) is 40.5 Å². The molecule has 1 N–H and O–H groups in total. The lowest BCUT2D eigenvalue weighted by molar-refractivity contribution is -0.143. The van der Waals surface area contributed by atoms with Crippen LogP contribution in [0.1, 0.15) is 17.2 Å². The number of carboxylic acids is 1. The number of likely N-dealkylation sites (N-methyl/N-ethyl adjacent to an activating group) is 1. The molecule has 1 aromatic carbocycles. The van der Waals surface area contributed by atoms with E-state index in [1.54, 1.807) is 11.3 Å². The smallest absolute Gasteiger partial charge is 0.325 e. The zero-order valence-corrected chi connectivity index (χ0v) is 12.8. The molecule has 0 aliphatic rings. The number of hydrogen-bond donors (Lipinski definition) is 1. The van der Waals surface area contributed by atoms with E-state index < -0.39 is 12.0 Å². The van der Waals surface area contributed by atoms with Crippen molar-refractivity contribution in [1.29, 1.82) is 0 Å². The van der Waals surface area contributed by atoms with Gasteiger partial charge in [-0.15, -0.1) is 11.3 Å². The Labute approximate surface area is 124 Å². The summed E-state index contributed by atoms with van der Waals surface area (Å²) in [6.45, 7) is 0.605. The summed E-state index contributed by atoms with van der Waals surface area (Å²) in [6.07, 6.45) is 0. The zero-order valence-electron chi connectivity index (χ0n) is 10.4. The van der Waals surface area contributed by atoms with Crippen LogP contribution in [0.15, 0.2) is 45.6 Å². The molecule has 0 aliphatic carbocycles. The molecule has 100 valence electrons. The Kier molecular flexibility index (Phi) is 4.74. The highest BCUT2D eigenvalue weighted by atomic mass is 79.9. The summed E-state index contributed by atoms with van der Waals surface area (Å²) in [5.41, 5.74) is 1.91. The van der Waals surface area contributed by atoms with E-state index in [0.717, 1.165) is 14.9 Å². The van der Waals surface area contributed by atoms with Crippen molar-refractivity contribution in [2.75, 3.05) is 7.05 Å². The summed E-state index contributed by atoms with van der Waals surface area (Å²) in [5, 5.41) is 11.5. The fourth-order valence-electron chi connectivity index (χ4n) is 2.03. The van der Waals surface area contributed by atoms with Gasteiger partial charge in [-0.25, -0.2) is 0 Å². The molecular weight excluding hydrogens is 326 g/mol. The van der Waals surface area contributed by atoms with Crippen LogP contribution in [0.2, 0.25) is 0 Å². The molecular formula is C14H14BrNO2S. The molecule has 0 amide bonds. The van der Waals surface area contributed by atoms with Gasteiger partial charge in [0.05, 0.1) is 3.79 Å². The minimum atomic E-state index is -0.831. The van der Waals surface area contributed by atoms with Crippen LogP contribution >= 0.6 is 27.3 Å². The Morgan fingerprint density at radius 3 is 2.63 bits per heavy atom. The van der Waals surface area contributed by atoms with Crippen LogP contribution in [0.3, 0.4) is 0 Å². The predicted octanol–water partition coefficient (Wildman–Crippen LogP) is 3.77. The summed E-state index contributed by atoms with van der Waals surface area (Å²) in [4.78, 5) is 13.3. The Balaban J connectivity index is 2.18. The molecule has 1 heterocycles. The van der Waals surface area contributed by atoms with Gasteiger partial charge in [0.25, 0.3) is 0 Å². The van der Waals surface area contributed by atoms with Crippen molar-refractivity contribution in [2.45, 2.75) is 12.6 Å². The standard InChI is InChI=1S/C14H14BrNO2S/c1-16(8-10-7-12(15)19-9-10)13(14(17)18)11-5-3-2-4-6-11/h2-7,9,13H,8H2,1H3,(H,17,18). The molecule has 0 aliphatic heterocycles. The van der Waals surface area contributed by atoms with Gasteiger partial charge < -0.3 is 5.11 Å². The largest absolute Gasteiger partial charge is 0.480 e. The van der Waals surface area contributed by atoms with Crippen molar-refractivity contribution >= 4 is 33.2 Å². The summed E-state index contributed by atoms with van der Waals surface area (Å²) in [7, 11) is 1.83. The van der Waals surface area contributed by atoms with Crippen LogP contribution in [-0.4, -0.2) is 23.0 Å². The van der Waals surface area contributed by atoms with Crippen LogP contribution in [0.25, 0.3) is 0 Å². The second kappa shape index (κ2) is 6.32. The number of aliphatic carboxylic acids is 1. The number of rotatable bonds is 5. The molecule has 0 bridgehead atoms. The number of hydrogen-bond acceptors (Lipinski definition) is 3. The third kappa shape index (κ3) is 3.65. The molecule has 0 spiro atoms. The van der Waals surface area contributed by atoms with Crippen molar-refractivity contribution < 1.29 is 9.90 Å². The van der Waals surface area contributed by atoms with Crippen LogP contribution < -0.4 is 0 Å². The second-order valence-electron chi connectivity index (χ2n) is 4.33. The lowest BCUT2D eigenvalue weighted by atomic mass is 10.1. The van der Waals surface area contributed by atoms with Gasteiger partial charge in [0.2, 0.25) is 0 Å². The first kappa shape index (κ1) is 14.2. The van der Waals surface area contributed by atoms with E-state index in [0.29, 0.717) is 6.54 Å². The highest BCUT2D eigenvalue weighted by Gasteiger charge is 2.24. The maximum Gasteiger partial charge on any atom is 0.325 e. The molecule has 0 saturated heterocycles. The molecule has 1 aromatic heterocycles. The molecule has 3 nitrogen and oxygen atoms in total. The second-order valence-corrected chi connectivity index (χ2v) is 6.62. The van der Waals surface area contributed by atoms with E-state index in [1.807, 2.05) is 53.7 Å². The van der Waals surface area contributed by atoms with Crippen molar-refractivity contribution in [1.82, 2.24) is 4.90 Å². The first-order valence-corrected chi connectivity index (χ1v) is 7.46. The van der Waals surface area contributed by atoms with E-state index in [-0.39, 0.29) is 0 Å². The molecule has 2 rings (SSSR count). The van der Waals surface area contributed by atoms with Crippen molar-refractivity contribution in [3.63, 3.8) is 0 Å². The van der Waals surface area contributed by atoms with Crippen molar-refractivity contribution in [3.05, 3.63) is 56.7 Å². The summed E-state index contributed by atoms with van der Waals surface area (Å²) in [6, 6.07) is 10.7. The summed E-state index contributed by atoms with van der Waals surface area (Å²) in [5.74, 6) is -0.831. The van der Waals surface area contributed by atoms with Gasteiger partial charge in [-0.3, -0.25) is 9.69 Å². The number of carbonyl (C=O) groups is 1. The van der Waals surface area contributed by atoms with Gasteiger partial charge in [-0.1, -0.05) is 30.3 Å². The Morgan fingerprint density at radius 2 is 2.11 bits per heavy atom. The fourth-order valence-corrected chi connectivity index (χ4v) is 3.23. The maximum atomic E-state index is 11.5. The predicted molar refractivity (Wildman–Crippen MR) is 80.3 cm³/mol. The van der Waals surface area contributed by atoms with E-state index in [2.05, 4.69) is 15.9 Å². The highest BCUT2D eigenvalue weighted by Crippen LogP contribution is 2.25. The van der Waals surface area contributed by atoms with Gasteiger partial charge in [0.15, 0.2) is 0 Å². The number of halogens is 1. The minimum Gasteiger partial charge on any atom is -0.480 e. The quantitative estimate of drug-likeness (QED) is 0.901. The van der Waals surface area contributed by atoms with Gasteiger partial charge >= 0.3 is 5.97 Å². The number of carboxylic acid groups (broad SMARTS) is 1. The Hall–Kier alpha value is -1.17. The zero-order chi connectivity index (χ0) is 13.8. The monoisotopic (exact) mass is 339 g/mol.